The van der Waals surface area contributed by atoms with E-state index in [1.807, 2.05) is 6.07 Å². The van der Waals surface area contributed by atoms with Gasteiger partial charge in [-0.15, -0.1) is 0 Å². The van der Waals surface area contributed by atoms with E-state index in [2.05, 4.69) is 10.6 Å². The Kier molecular flexibility index (Phi) is 6.20. The first-order valence-corrected chi connectivity index (χ1v) is 9.44. The summed E-state index contributed by atoms with van der Waals surface area (Å²) in [6, 6.07) is 22.7. The van der Waals surface area contributed by atoms with Gasteiger partial charge in [0.05, 0.1) is 0 Å². The van der Waals surface area contributed by atoms with E-state index in [1.54, 1.807) is 86.6 Å². The summed E-state index contributed by atoms with van der Waals surface area (Å²) in [5, 5.41) is 6.24. The van der Waals surface area contributed by atoms with Gasteiger partial charge in [-0.3, -0.25) is 9.59 Å². The molecule has 0 aliphatic rings. The second-order valence-electron chi connectivity index (χ2n) is 6.92. The fourth-order valence-electron chi connectivity index (χ4n) is 2.55. The van der Waals surface area contributed by atoms with E-state index in [1.165, 1.54) is 0 Å². The summed E-state index contributed by atoms with van der Waals surface area (Å²) in [6.45, 7) is 3.37. The molecule has 0 saturated carbocycles. The highest BCUT2D eigenvalue weighted by Gasteiger charge is 2.30. The van der Waals surface area contributed by atoms with Crippen molar-refractivity contribution in [2.75, 3.05) is 10.6 Å². The number of benzene rings is 3. The molecule has 2 amide bonds. The first-order valence-electron chi connectivity index (χ1n) is 9.06. The molecule has 0 spiro atoms. The summed E-state index contributed by atoms with van der Waals surface area (Å²) < 4.78 is 5.79. The van der Waals surface area contributed by atoms with E-state index in [-0.39, 0.29) is 11.8 Å². The number of nitrogens with one attached hydrogen (secondary N) is 2. The Balaban J connectivity index is 1.60. The molecule has 0 unspecified atom stereocenters. The van der Waals surface area contributed by atoms with Crippen molar-refractivity contribution >= 4 is 34.8 Å². The molecular formula is C23H21ClN2O3. The van der Waals surface area contributed by atoms with E-state index in [4.69, 9.17) is 16.3 Å². The number of halogens is 1. The molecule has 0 saturated heterocycles. The molecule has 3 aromatic rings. The molecule has 0 aliphatic carbocycles. The minimum atomic E-state index is -1.09. The van der Waals surface area contributed by atoms with Crippen LogP contribution in [0.5, 0.6) is 5.75 Å². The van der Waals surface area contributed by atoms with E-state index >= 15 is 0 Å². The van der Waals surface area contributed by atoms with Gasteiger partial charge in [0.2, 0.25) is 0 Å². The molecule has 0 bridgehead atoms. The van der Waals surface area contributed by atoms with Crippen molar-refractivity contribution in [3.8, 4) is 5.75 Å². The molecule has 29 heavy (non-hydrogen) atoms. The van der Waals surface area contributed by atoms with Crippen molar-refractivity contribution in [2.24, 2.45) is 0 Å². The standard InChI is InChI=1S/C23H21ClN2O3/c1-23(2,29-20-14-8-17(24)9-15-20)22(28)26-19-12-10-18(11-13-19)25-21(27)16-6-4-3-5-7-16/h3-15H,1-2H3,(H,25,27)(H,26,28). The van der Waals surface area contributed by atoms with Crippen LogP contribution in [-0.2, 0) is 4.79 Å². The maximum atomic E-state index is 12.6. The van der Waals surface area contributed by atoms with Gasteiger partial charge >= 0.3 is 0 Å². The van der Waals surface area contributed by atoms with Gasteiger partial charge in [-0.05, 0) is 74.5 Å². The quantitative estimate of drug-likeness (QED) is 0.574. The minimum Gasteiger partial charge on any atom is -0.478 e. The Labute approximate surface area is 174 Å². The zero-order chi connectivity index (χ0) is 20.9. The van der Waals surface area contributed by atoms with Gasteiger partial charge in [-0.25, -0.2) is 0 Å². The average Bonchev–Trinajstić information content (AvgIpc) is 2.71. The fraction of sp³-hybridized carbons (Fsp3) is 0.130. The zero-order valence-electron chi connectivity index (χ0n) is 16.1. The topological polar surface area (TPSA) is 67.4 Å². The van der Waals surface area contributed by atoms with Crippen molar-refractivity contribution in [1.82, 2.24) is 0 Å². The summed E-state index contributed by atoms with van der Waals surface area (Å²) in [4.78, 5) is 24.8. The Bertz CT molecular complexity index is 985. The fourth-order valence-corrected chi connectivity index (χ4v) is 2.68. The number of rotatable bonds is 6. The molecule has 6 heteroatoms. The average molecular weight is 409 g/mol. The molecule has 148 valence electrons. The second kappa shape index (κ2) is 8.80. The number of carbonyl (C=O) groups excluding carboxylic acids is 2. The van der Waals surface area contributed by atoms with Crippen LogP contribution in [-0.4, -0.2) is 17.4 Å². The van der Waals surface area contributed by atoms with E-state index < -0.39 is 5.60 Å². The largest absolute Gasteiger partial charge is 0.478 e. The van der Waals surface area contributed by atoms with Gasteiger partial charge in [0, 0.05) is 22.0 Å². The lowest BCUT2D eigenvalue weighted by atomic mass is 10.1. The lowest BCUT2D eigenvalue weighted by molar-refractivity contribution is -0.128. The van der Waals surface area contributed by atoms with E-state index in [0.717, 1.165) is 0 Å². The number of anilines is 2. The molecule has 5 nitrogen and oxygen atoms in total. The van der Waals surface area contributed by atoms with Crippen LogP contribution in [0.15, 0.2) is 78.9 Å². The highest BCUT2D eigenvalue weighted by molar-refractivity contribution is 6.30. The van der Waals surface area contributed by atoms with Crippen LogP contribution in [0, 0.1) is 0 Å². The molecule has 0 aliphatic heterocycles. The maximum absolute atomic E-state index is 12.6. The molecule has 0 atom stereocenters. The Hall–Kier alpha value is -3.31. The maximum Gasteiger partial charge on any atom is 0.267 e. The molecule has 3 rings (SSSR count). The molecular weight excluding hydrogens is 388 g/mol. The summed E-state index contributed by atoms with van der Waals surface area (Å²) >= 11 is 5.87. The third-order valence-electron chi connectivity index (χ3n) is 4.17. The number of ether oxygens (including phenoxy) is 1. The number of amides is 2. The molecule has 0 aromatic heterocycles. The van der Waals surface area contributed by atoms with Crippen LogP contribution in [0.1, 0.15) is 24.2 Å². The van der Waals surface area contributed by atoms with Gasteiger partial charge < -0.3 is 15.4 Å². The Morgan fingerprint density at radius 2 is 1.34 bits per heavy atom. The molecule has 3 aromatic carbocycles. The summed E-state index contributed by atoms with van der Waals surface area (Å²) in [7, 11) is 0. The monoisotopic (exact) mass is 408 g/mol. The van der Waals surface area contributed by atoms with Crippen molar-refractivity contribution in [2.45, 2.75) is 19.4 Å². The highest BCUT2D eigenvalue weighted by atomic mass is 35.5. The molecule has 0 fully saturated rings. The van der Waals surface area contributed by atoms with E-state index in [9.17, 15) is 9.59 Å². The number of hydrogen-bond donors (Lipinski definition) is 2. The number of hydrogen-bond acceptors (Lipinski definition) is 3. The lowest BCUT2D eigenvalue weighted by Gasteiger charge is -2.25. The van der Waals surface area contributed by atoms with Crippen LogP contribution < -0.4 is 15.4 Å². The van der Waals surface area contributed by atoms with Crippen LogP contribution in [0.25, 0.3) is 0 Å². The molecule has 2 N–H and O–H groups in total. The Morgan fingerprint density at radius 1 is 0.793 bits per heavy atom. The third kappa shape index (κ3) is 5.59. The summed E-state index contributed by atoms with van der Waals surface area (Å²) in [6.07, 6.45) is 0. The van der Waals surface area contributed by atoms with Crippen LogP contribution in [0.2, 0.25) is 5.02 Å². The van der Waals surface area contributed by atoms with Gasteiger partial charge in [0.15, 0.2) is 5.60 Å². The summed E-state index contributed by atoms with van der Waals surface area (Å²) in [5.74, 6) is 0.0573. The van der Waals surface area contributed by atoms with Gasteiger partial charge in [-0.2, -0.15) is 0 Å². The SMILES string of the molecule is CC(C)(Oc1ccc(Cl)cc1)C(=O)Nc1ccc(NC(=O)c2ccccc2)cc1. The number of carbonyl (C=O) groups is 2. The van der Waals surface area contributed by atoms with E-state index in [0.29, 0.717) is 27.7 Å². The predicted molar refractivity (Wildman–Crippen MR) is 116 cm³/mol. The van der Waals surface area contributed by atoms with Gasteiger partial charge in [0.25, 0.3) is 11.8 Å². The van der Waals surface area contributed by atoms with Gasteiger partial charge in [0.1, 0.15) is 5.75 Å². The highest BCUT2D eigenvalue weighted by Crippen LogP contribution is 2.23. The van der Waals surface area contributed by atoms with Crippen LogP contribution >= 0.6 is 11.6 Å². The second-order valence-corrected chi connectivity index (χ2v) is 7.35. The van der Waals surface area contributed by atoms with Crippen molar-refractivity contribution in [1.29, 1.82) is 0 Å². The lowest BCUT2D eigenvalue weighted by Crippen LogP contribution is -2.42. The molecule has 0 heterocycles. The van der Waals surface area contributed by atoms with Crippen LogP contribution in [0.3, 0.4) is 0 Å². The normalized spacial score (nSPS) is 10.9. The predicted octanol–water partition coefficient (Wildman–Crippen LogP) is 5.39. The van der Waals surface area contributed by atoms with Gasteiger partial charge in [-0.1, -0.05) is 29.8 Å². The smallest absolute Gasteiger partial charge is 0.267 e. The summed E-state index contributed by atoms with van der Waals surface area (Å²) in [5.41, 5.74) is 0.716. The third-order valence-corrected chi connectivity index (χ3v) is 4.42. The van der Waals surface area contributed by atoms with Crippen molar-refractivity contribution in [3.05, 3.63) is 89.4 Å². The zero-order valence-corrected chi connectivity index (χ0v) is 16.9. The van der Waals surface area contributed by atoms with Crippen LogP contribution in [0.4, 0.5) is 11.4 Å². The molecule has 0 radical (unpaired) electrons. The van der Waals surface area contributed by atoms with Crippen molar-refractivity contribution in [3.63, 3.8) is 0 Å². The first kappa shape index (κ1) is 20.4. The Morgan fingerprint density at radius 3 is 1.93 bits per heavy atom. The first-order chi connectivity index (χ1) is 13.8. The minimum absolute atomic E-state index is 0.195. The van der Waals surface area contributed by atoms with Crippen molar-refractivity contribution < 1.29 is 14.3 Å².